The van der Waals surface area contributed by atoms with Crippen LogP contribution in [-0.4, -0.2) is 90.2 Å². The second-order valence-corrected chi connectivity index (χ2v) is 9.51. The molecule has 14 heteroatoms. The second kappa shape index (κ2) is 14.4. The van der Waals surface area contributed by atoms with Gasteiger partial charge < -0.3 is 43.4 Å². The van der Waals surface area contributed by atoms with Crippen molar-refractivity contribution in [2.75, 3.05) is 19.6 Å². The van der Waals surface area contributed by atoms with Crippen LogP contribution in [-0.2, 0) is 24.0 Å². The highest BCUT2D eigenvalue weighted by molar-refractivity contribution is 5.97. The van der Waals surface area contributed by atoms with Crippen LogP contribution in [0.4, 0.5) is 0 Å². The van der Waals surface area contributed by atoms with E-state index in [1.807, 2.05) is 0 Å². The van der Waals surface area contributed by atoms with Crippen LogP contribution in [0.2, 0.25) is 0 Å². The third kappa shape index (κ3) is 8.88. The Bertz CT molecular complexity index is 877. The highest BCUT2D eigenvalue weighted by Crippen LogP contribution is 2.20. The molecule has 0 aromatic rings. The molecule has 0 aromatic heterocycles. The third-order valence-electron chi connectivity index (χ3n) is 6.48. The van der Waals surface area contributed by atoms with Gasteiger partial charge in [-0.05, 0) is 65.3 Å². The molecule has 0 unspecified atom stereocenters. The lowest BCUT2D eigenvalue weighted by Crippen LogP contribution is -2.56. The first kappa shape index (κ1) is 29.8. The molecular weight excluding hydrogens is 482 g/mol. The molecule has 0 bridgehead atoms. The van der Waals surface area contributed by atoms with Gasteiger partial charge in [-0.1, -0.05) is 0 Å². The Morgan fingerprint density at radius 2 is 1.43 bits per heavy atom. The summed E-state index contributed by atoms with van der Waals surface area (Å²) >= 11 is 0. The van der Waals surface area contributed by atoms with Gasteiger partial charge in [-0.25, -0.2) is 0 Å². The maximum absolute atomic E-state index is 13.5. The molecule has 37 heavy (non-hydrogen) atoms. The fourth-order valence-electron chi connectivity index (χ4n) is 4.37. The van der Waals surface area contributed by atoms with Crippen molar-refractivity contribution in [2.45, 2.75) is 89.0 Å². The van der Waals surface area contributed by atoms with Gasteiger partial charge >= 0.3 is 0 Å². The van der Waals surface area contributed by atoms with Crippen molar-refractivity contribution in [1.82, 2.24) is 26.2 Å². The van der Waals surface area contributed by atoms with Gasteiger partial charge in [-0.3, -0.25) is 29.0 Å². The Kier molecular flexibility index (Phi) is 11.6. The molecule has 0 aromatic carbocycles. The highest BCUT2D eigenvalue weighted by atomic mass is 16.2. The summed E-state index contributed by atoms with van der Waals surface area (Å²) in [6.07, 6.45) is 3.21. The number of unbranched alkanes of at least 4 members (excludes halogenated alkanes) is 1. The summed E-state index contributed by atoms with van der Waals surface area (Å²) in [5.41, 5.74) is 16.3. The van der Waals surface area contributed by atoms with E-state index in [4.69, 9.17) is 17.2 Å². The van der Waals surface area contributed by atoms with E-state index in [9.17, 15) is 24.0 Å². The average Bonchev–Trinajstić information content (AvgIpc) is 3.34. The van der Waals surface area contributed by atoms with Crippen LogP contribution in [0, 0.1) is 0 Å². The second-order valence-electron chi connectivity index (χ2n) is 9.51. The third-order valence-corrected chi connectivity index (χ3v) is 6.48. The van der Waals surface area contributed by atoms with Crippen LogP contribution in [0.1, 0.15) is 58.8 Å². The van der Waals surface area contributed by atoms with Gasteiger partial charge in [-0.15, -0.1) is 0 Å². The Balaban J connectivity index is 2.32. The number of carbonyl (C=O) groups is 5. The standard InChI is InChI=1S/C23H41N9O5/c1-13-19(34)31-16(8-5-11-27-23(25)26)22(37)32-12-6-9-17(32)21(36)29-14(2)18(33)30-15(20(35)28-13)7-3-4-10-24/h13-17H,3-12,24H2,1-2H3,(H,28,35)(H,29,36)(H,30,33)(H,31,34)(H4,25,26,27)/t13-,14-,15-,16-,17+/m0/s1. The van der Waals surface area contributed by atoms with E-state index in [0.717, 1.165) is 0 Å². The SMILES string of the molecule is C[C@@H]1NC(=O)[C@H](CCCCN)NC(=O)[C@H](C)NC(=O)[C@H]2CCCN2C(=O)[C@H](CCCN=C(N)N)NC1=O. The predicted molar refractivity (Wildman–Crippen MR) is 137 cm³/mol. The van der Waals surface area contributed by atoms with Crippen molar-refractivity contribution in [3.05, 3.63) is 0 Å². The lowest BCUT2D eigenvalue weighted by molar-refractivity contribution is -0.142. The molecule has 2 saturated heterocycles. The molecule has 14 nitrogen and oxygen atoms in total. The van der Waals surface area contributed by atoms with E-state index in [1.54, 1.807) is 0 Å². The largest absolute Gasteiger partial charge is 0.370 e. The summed E-state index contributed by atoms with van der Waals surface area (Å²) < 4.78 is 0. The normalized spacial score (nSPS) is 27.7. The van der Waals surface area contributed by atoms with E-state index < -0.39 is 59.7 Å². The molecule has 5 atom stereocenters. The van der Waals surface area contributed by atoms with Crippen LogP contribution in [0.3, 0.4) is 0 Å². The fourth-order valence-corrected chi connectivity index (χ4v) is 4.37. The Labute approximate surface area is 216 Å². The van der Waals surface area contributed by atoms with Crippen molar-refractivity contribution in [3.8, 4) is 0 Å². The number of hydrogen-bond acceptors (Lipinski definition) is 7. The van der Waals surface area contributed by atoms with Crippen LogP contribution in [0.5, 0.6) is 0 Å². The smallest absolute Gasteiger partial charge is 0.245 e. The number of carbonyl (C=O) groups excluding carboxylic acids is 5. The number of fused-ring (bicyclic) bond motifs is 1. The summed E-state index contributed by atoms with van der Waals surface area (Å²) in [7, 11) is 0. The van der Waals surface area contributed by atoms with Crippen LogP contribution >= 0.6 is 0 Å². The van der Waals surface area contributed by atoms with E-state index in [-0.39, 0.29) is 18.9 Å². The molecule has 208 valence electrons. The zero-order valence-electron chi connectivity index (χ0n) is 21.6. The molecule has 5 amide bonds. The minimum absolute atomic E-state index is 0.0802. The summed E-state index contributed by atoms with van der Waals surface area (Å²) in [5.74, 6) is -2.61. The van der Waals surface area contributed by atoms with Crippen LogP contribution < -0.4 is 38.5 Å². The van der Waals surface area contributed by atoms with Crippen molar-refractivity contribution in [2.24, 2.45) is 22.2 Å². The van der Waals surface area contributed by atoms with Crippen LogP contribution in [0.15, 0.2) is 4.99 Å². The summed E-state index contributed by atoms with van der Waals surface area (Å²) in [6.45, 7) is 4.05. The van der Waals surface area contributed by atoms with E-state index in [2.05, 4.69) is 26.3 Å². The lowest BCUT2D eigenvalue weighted by atomic mass is 10.1. The maximum atomic E-state index is 13.5. The van der Waals surface area contributed by atoms with Crippen molar-refractivity contribution < 1.29 is 24.0 Å². The zero-order valence-corrected chi connectivity index (χ0v) is 21.6. The molecule has 2 aliphatic heterocycles. The maximum Gasteiger partial charge on any atom is 0.245 e. The zero-order chi connectivity index (χ0) is 27.5. The Morgan fingerprint density at radius 3 is 2.05 bits per heavy atom. The predicted octanol–water partition coefficient (Wildman–Crippen LogP) is -2.85. The van der Waals surface area contributed by atoms with Gasteiger partial charge in [0.1, 0.15) is 30.2 Å². The van der Waals surface area contributed by atoms with Crippen molar-refractivity contribution in [3.63, 3.8) is 0 Å². The van der Waals surface area contributed by atoms with E-state index in [0.29, 0.717) is 51.6 Å². The number of nitrogens with one attached hydrogen (secondary N) is 4. The van der Waals surface area contributed by atoms with E-state index in [1.165, 1.54) is 18.7 Å². The summed E-state index contributed by atoms with van der Waals surface area (Å²) in [5, 5.41) is 10.7. The first-order chi connectivity index (χ1) is 17.5. The van der Waals surface area contributed by atoms with Gasteiger partial charge in [0.05, 0.1) is 0 Å². The number of nitrogens with two attached hydrogens (primary N) is 3. The monoisotopic (exact) mass is 523 g/mol. The fraction of sp³-hybridized carbons (Fsp3) is 0.739. The van der Waals surface area contributed by atoms with E-state index >= 15 is 0 Å². The Hall–Kier alpha value is -3.42. The number of hydrogen-bond donors (Lipinski definition) is 7. The average molecular weight is 524 g/mol. The quantitative estimate of drug-likeness (QED) is 0.0992. The van der Waals surface area contributed by atoms with Gasteiger partial charge in [0.2, 0.25) is 29.5 Å². The number of nitrogens with zero attached hydrogens (tertiary/aromatic N) is 2. The molecule has 2 aliphatic rings. The highest BCUT2D eigenvalue weighted by Gasteiger charge is 2.39. The molecule has 2 rings (SSSR count). The minimum atomic E-state index is -0.980. The lowest BCUT2D eigenvalue weighted by Gasteiger charge is -2.29. The van der Waals surface area contributed by atoms with Gasteiger partial charge in [0, 0.05) is 13.1 Å². The number of amides is 5. The summed E-state index contributed by atoms with van der Waals surface area (Å²) in [6, 6.07) is -4.56. The van der Waals surface area contributed by atoms with Gasteiger partial charge in [-0.2, -0.15) is 0 Å². The van der Waals surface area contributed by atoms with Crippen molar-refractivity contribution >= 4 is 35.5 Å². The number of rotatable bonds is 8. The molecule has 0 spiro atoms. The molecule has 0 saturated carbocycles. The number of guanidine groups is 1. The number of aliphatic imine (C=N–C) groups is 1. The Morgan fingerprint density at radius 1 is 0.838 bits per heavy atom. The minimum Gasteiger partial charge on any atom is -0.370 e. The molecular formula is C23H41N9O5. The van der Waals surface area contributed by atoms with Crippen LogP contribution in [0.25, 0.3) is 0 Å². The molecule has 0 aliphatic carbocycles. The molecule has 2 heterocycles. The topological polar surface area (TPSA) is 227 Å². The molecule has 0 radical (unpaired) electrons. The van der Waals surface area contributed by atoms with Crippen molar-refractivity contribution in [1.29, 1.82) is 0 Å². The summed E-state index contributed by atoms with van der Waals surface area (Å²) in [4.78, 5) is 70.6. The first-order valence-electron chi connectivity index (χ1n) is 12.8. The van der Waals surface area contributed by atoms with Gasteiger partial charge in [0.25, 0.3) is 0 Å². The molecule has 10 N–H and O–H groups in total. The van der Waals surface area contributed by atoms with Gasteiger partial charge in [0.15, 0.2) is 5.96 Å². The molecule has 2 fully saturated rings. The first-order valence-corrected chi connectivity index (χ1v) is 12.8.